The molecule has 0 saturated carbocycles. The highest BCUT2D eigenvalue weighted by atomic mass is 19.2. The van der Waals surface area contributed by atoms with E-state index in [2.05, 4.69) is 0 Å². The minimum absolute atomic E-state index is 0.434. The maximum atomic E-state index is 13.4. The number of allylic oxidation sites excluding steroid dienone is 4. The largest absolute Gasteiger partial charge is 0.212 e. The van der Waals surface area contributed by atoms with Gasteiger partial charge in [0.1, 0.15) is 6.33 Å². The number of hydrogen-bond donors (Lipinski definition) is 0. The lowest BCUT2D eigenvalue weighted by Crippen LogP contribution is -2.03. The van der Waals surface area contributed by atoms with Crippen LogP contribution in [0.2, 0.25) is 0 Å². The molecule has 1 rings (SSSR count). The van der Waals surface area contributed by atoms with E-state index in [1.807, 2.05) is 0 Å². The average molecular weight is 332 g/mol. The van der Waals surface area contributed by atoms with Crippen LogP contribution < -0.4 is 0 Å². The number of rotatable bonds is 3. The summed E-state index contributed by atoms with van der Waals surface area (Å²) in [4.78, 5) is 0. The fraction of sp³-hybridized carbons (Fsp3) is 0.0769. The molecule has 1 aromatic carbocycles. The standard InChI is InChI=1S/C13H5F9/c1-4-8(17)10(19)5(11(20)9(4)18)2-6(15)12(21)13(22)7(16)3-14/h2-3H,1H3/b6-2-,7-3-,13-12-. The maximum absolute atomic E-state index is 13.4. The highest BCUT2D eigenvalue weighted by molar-refractivity contribution is 5.58. The van der Waals surface area contributed by atoms with Crippen LogP contribution in [0, 0.1) is 30.2 Å². The van der Waals surface area contributed by atoms with Crippen molar-refractivity contribution in [3.63, 3.8) is 0 Å². The molecular formula is C13H5F9. The van der Waals surface area contributed by atoms with E-state index < -0.39 is 70.1 Å². The van der Waals surface area contributed by atoms with E-state index in [4.69, 9.17) is 0 Å². The summed E-state index contributed by atoms with van der Waals surface area (Å²) < 4.78 is 116. The van der Waals surface area contributed by atoms with Crippen molar-refractivity contribution in [1.29, 1.82) is 0 Å². The van der Waals surface area contributed by atoms with Gasteiger partial charge in [0.15, 0.2) is 46.6 Å². The average Bonchev–Trinajstić information content (AvgIpc) is 2.52. The molecule has 0 fully saturated rings. The van der Waals surface area contributed by atoms with Gasteiger partial charge in [-0.1, -0.05) is 0 Å². The third-order valence-electron chi connectivity index (χ3n) is 2.50. The lowest BCUT2D eigenvalue weighted by Gasteiger charge is -2.06. The molecule has 1 aromatic rings. The second-order valence-corrected chi connectivity index (χ2v) is 3.87. The van der Waals surface area contributed by atoms with Crippen LogP contribution in [-0.4, -0.2) is 0 Å². The summed E-state index contributed by atoms with van der Waals surface area (Å²) in [7, 11) is 0. The van der Waals surface area contributed by atoms with Gasteiger partial charge in [0.2, 0.25) is 0 Å². The Labute approximate surface area is 117 Å². The van der Waals surface area contributed by atoms with Crippen LogP contribution in [0.5, 0.6) is 0 Å². The van der Waals surface area contributed by atoms with Crippen molar-refractivity contribution in [3.8, 4) is 0 Å². The molecule has 0 unspecified atom stereocenters. The molecule has 0 aromatic heterocycles. The monoisotopic (exact) mass is 332 g/mol. The van der Waals surface area contributed by atoms with E-state index in [1.54, 1.807) is 0 Å². The highest BCUT2D eigenvalue weighted by Gasteiger charge is 2.24. The molecule has 0 N–H and O–H groups in total. The molecule has 22 heavy (non-hydrogen) atoms. The molecule has 120 valence electrons. The number of hydrogen-bond acceptors (Lipinski definition) is 0. The van der Waals surface area contributed by atoms with Gasteiger partial charge in [-0.3, -0.25) is 0 Å². The van der Waals surface area contributed by atoms with Crippen molar-refractivity contribution < 1.29 is 39.5 Å². The molecule has 0 nitrogen and oxygen atoms in total. The normalized spacial score (nSPS) is 14.3. The Morgan fingerprint density at radius 2 is 1.14 bits per heavy atom. The fourth-order valence-electron chi connectivity index (χ4n) is 1.33. The number of halogens is 9. The second kappa shape index (κ2) is 6.71. The zero-order valence-electron chi connectivity index (χ0n) is 10.6. The summed E-state index contributed by atoms with van der Waals surface area (Å²) in [6, 6.07) is 0. The molecule has 0 radical (unpaired) electrons. The minimum atomic E-state index is -2.65. The van der Waals surface area contributed by atoms with Crippen LogP contribution in [0.15, 0.2) is 29.6 Å². The second-order valence-electron chi connectivity index (χ2n) is 3.87. The van der Waals surface area contributed by atoms with Crippen molar-refractivity contribution in [2.75, 3.05) is 0 Å². The Kier molecular flexibility index (Phi) is 5.45. The number of benzene rings is 1. The predicted molar refractivity (Wildman–Crippen MR) is 59.6 cm³/mol. The molecule has 0 aliphatic heterocycles. The van der Waals surface area contributed by atoms with Crippen molar-refractivity contribution >= 4 is 6.08 Å². The van der Waals surface area contributed by atoms with Crippen molar-refractivity contribution in [2.45, 2.75) is 6.92 Å². The smallest absolute Gasteiger partial charge is 0.199 e. The van der Waals surface area contributed by atoms with E-state index in [0.29, 0.717) is 6.92 Å². The topological polar surface area (TPSA) is 0 Å². The molecule has 0 spiro atoms. The summed E-state index contributed by atoms with van der Waals surface area (Å²) in [6.45, 7) is 0.683. The SMILES string of the molecule is Cc1c(F)c(F)c(/C=C(F)/C(F)=C(F)\C(F)=C\F)c(F)c1F. The van der Waals surface area contributed by atoms with Crippen LogP contribution in [0.4, 0.5) is 39.5 Å². The first-order valence-corrected chi connectivity index (χ1v) is 5.35. The van der Waals surface area contributed by atoms with E-state index in [9.17, 15) is 39.5 Å². The van der Waals surface area contributed by atoms with Crippen LogP contribution in [0.3, 0.4) is 0 Å². The van der Waals surface area contributed by atoms with Gasteiger partial charge in [-0.15, -0.1) is 0 Å². The van der Waals surface area contributed by atoms with E-state index in [0.717, 1.165) is 0 Å². The van der Waals surface area contributed by atoms with E-state index >= 15 is 0 Å². The van der Waals surface area contributed by atoms with Gasteiger partial charge in [-0.05, 0) is 13.0 Å². The summed E-state index contributed by atoms with van der Waals surface area (Å²) >= 11 is 0. The zero-order chi connectivity index (χ0) is 17.2. The Morgan fingerprint density at radius 1 is 0.727 bits per heavy atom. The van der Waals surface area contributed by atoms with Crippen LogP contribution in [0.25, 0.3) is 6.08 Å². The highest BCUT2D eigenvalue weighted by Crippen LogP contribution is 2.30. The zero-order valence-corrected chi connectivity index (χ0v) is 10.6. The molecular weight excluding hydrogens is 327 g/mol. The maximum Gasteiger partial charge on any atom is 0.199 e. The van der Waals surface area contributed by atoms with Crippen LogP contribution in [-0.2, 0) is 0 Å². The Bertz CT molecular complexity index is 669. The van der Waals surface area contributed by atoms with Crippen LogP contribution in [0.1, 0.15) is 11.1 Å². The third-order valence-corrected chi connectivity index (χ3v) is 2.50. The first-order valence-electron chi connectivity index (χ1n) is 5.35. The minimum Gasteiger partial charge on any atom is -0.212 e. The first-order chi connectivity index (χ1) is 10.1. The molecule has 0 aliphatic carbocycles. The van der Waals surface area contributed by atoms with Crippen molar-refractivity contribution in [1.82, 2.24) is 0 Å². The third kappa shape index (κ3) is 3.18. The predicted octanol–water partition coefficient (Wildman–Crippen LogP) is 5.79. The fourth-order valence-corrected chi connectivity index (χ4v) is 1.33. The quantitative estimate of drug-likeness (QED) is 0.373. The molecule has 0 amide bonds. The molecule has 0 saturated heterocycles. The molecule has 0 aliphatic rings. The Hall–Kier alpha value is -2.19. The summed E-state index contributed by atoms with van der Waals surface area (Å²) in [6.07, 6.45) is -1.47. The lowest BCUT2D eigenvalue weighted by molar-refractivity contribution is 0.440. The lowest BCUT2D eigenvalue weighted by atomic mass is 10.1. The van der Waals surface area contributed by atoms with Crippen LogP contribution >= 0.6 is 0 Å². The van der Waals surface area contributed by atoms with Crippen molar-refractivity contribution in [3.05, 3.63) is 64.0 Å². The Morgan fingerprint density at radius 3 is 1.55 bits per heavy atom. The summed E-state index contributed by atoms with van der Waals surface area (Å²) in [5.41, 5.74) is -2.74. The van der Waals surface area contributed by atoms with Gasteiger partial charge in [0.25, 0.3) is 0 Å². The summed E-state index contributed by atoms with van der Waals surface area (Å²) in [5, 5.41) is 0. The molecule has 0 heterocycles. The van der Waals surface area contributed by atoms with E-state index in [-0.39, 0.29) is 0 Å². The van der Waals surface area contributed by atoms with Gasteiger partial charge in [-0.2, -0.15) is 0 Å². The Balaban J connectivity index is 3.53. The molecule has 0 atom stereocenters. The van der Waals surface area contributed by atoms with Gasteiger partial charge in [0.05, 0.1) is 5.56 Å². The van der Waals surface area contributed by atoms with Crippen molar-refractivity contribution in [2.24, 2.45) is 0 Å². The summed E-state index contributed by atoms with van der Waals surface area (Å²) in [5.74, 6) is -18.0. The van der Waals surface area contributed by atoms with Gasteiger partial charge in [-0.25, -0.2) is 39.5 Å². The van der Waals surface area contributed by atoms with E-state index in [1.165, 1.54) is 0 Å². The molecule has 9 heteroatoms. The first kappa shape index (κ1) is 17.9. The van der Waals surface area contributed by atoms with Gasteiger partial charge >= 0.3 is 0 Å². The van der Waals surface area contributed by atoms with Gasteiger partial charge in [0, 0.05) is 5.56 Å². The van der Waals surface area contributed by atoms with Gasteiger partial charge < -0.3 is 0 Å². The molecule has 0 bridgehead atoms.